The molecule has 0 radical (unpaired) electrons. The molecule has 0 saturated carbocycles. The monoisotopic (exact) mass is 342 g/mol. The van der Waals surface area contributed by atoms with E-state index in [4.69, 9.17) is 4.74 Å². The lowest BCUT2D eigenvalue weighted by Crippen LogP contribution is -1.96. The Labute approximate surface area is 113 Å². The molecule has 0 aliphatic carbocycles. The quantitative estimate of drug-likeness (QED) is 0.636. The summed E-state index contributed by atoms with van der Waals surface area (Å²) in [4.78, 5) is 11.0. The summed E-state index contributed by atoms with van der Waals surface area (Å²) in [6.07, 6.45) is 0.769. The molecule has 0 bridgehead atoms. The molecule has 0 aliphatic heterocycles. The third kappa shape index (κ3) is 2.49. The zero-order valence-corrected chi connectivity index (χ0v) is 11.6. The van der Waals surface area contributed by atoms with E-state index in [0.717, 1.165) is 9.86 Å². The summed E-state index contributed by atoms with van der Waals surface area (Å²) in [5.74, 6) is 1.17. The van der Waals surface area contributed by atoms with Gasteiger partial charge in [0.1, 0.15) is 5.75 Å². The van der Waals surface area contributed by atoms with Crippen LogP contribution in [-0.4, -0.2) is 16.1 Å². The number of nitrogens with zero attached hydrogens (tertiary/aromatic N) is 2. The molecule has 0 aliphatic rings. The van der Waals surface area contributed by atoms with Gasteiger partial charge in [-0.2, -0.15) is 5.10 Å². The highest BCUT2D eigenvalue weighted by molar-refractivity contribution is 14.1. The maximum atomic E-state index is 11.0. The Morgan fingerprint density at radius 2 is 2.24 bits per heavy atom. The zero-order chi connectivity index (χ0) is 12.4. The Balaban J connectivity index is 2.39. The van der Waals surface area contributed by atoms with E-state index in [2.05, 4.69) is 27.7 Å². The Kier molecular flexibility index (Phi) is 3.46. The largest absolute Gasteiger partial charge is 0.438 e. The third-order valence-corrected chi connectivity index (χ3v) is 3.01. The maximum absolute atomic E-state index is 11.0. The van der Waals surface area contributed by atoms with E-state index in [1.54, 1.807) is 18.7 Å². The van der Waals surface area contributed by atoms with Crippen LogP contribution in [0.4, 0.5) is 0 Å². The second-order valence-electron chi connectivity index (χ2n) is 3.61. The molecule has 4 nitrogen and oxygen atoms in total. The normalized spacial score (nSPS) is 10.3. The van der Waals surface area contributed by atoms with Crippen molar-refractivity contribution in [2.45, 2.75) is 6.92 Å². The molecule has 1 heterocycles. The number of aldehydes is 1. The van der Waals surface area contributed by atoms with Gasteiger partial charge in [0.05, 0.1) is 11.3 Å². The fourth-order valence-corrected chi connectivity index (χ4v) is 2.07. The van der Waals surface area contributed by atoms with Crippen LogP contribution in [0.2, 0.25) is 0 Å². The fraction of sp³-hybridized carbons (Fsp3) is 0.167. The van der Waals surface area contributed by atoms with Gasteiger partial charge >= 0.3 is 0 Å². The van der Waals surface area contributed by atoms with Gasteiger partial charge in [-0.1, -0.05) is 6.07 Å². The molecule has 0 spiro atoms. The van der Waals surface area contributed by atoms with Crippen molar-refractivity contribution in [3.05, 3.63) is 39.1 Å². The minimum atomic E-state index is 0.472. The number of benzene rings is 1. The highest BCUT2D eigenvalue weighted by Gasteiger charge is 2.14. The molecule has 0 saturated heterocycles. The Morgan fingerprint density at radius 1 is 1.47 bits per heavy atom. The molecule has 17 heavy (non-hydrogen) atoms. The van der Waals surface area contributed by atoms with Crippen molar-refractivity contribution in [1.29, 1.82) is 0 Å². The van der Waals surface area contributed by atoms with Gasteiger partial charge in [-0.05, 0) is 47.7 Å². The maximum Gasteiger partial charge on any atom is 0.228 e. The molecule has 1 aromatic heterocycles. The number of hydrogen-bond donors (Lipinski definition) is 0. The van der Waals surface area contributed by atoms with E-state index in [-0.39, 0.29) is 0 Å². The lowest BCUT2D eigenvalue weighted by atomic mass is 10.3. The van der Waals surface area contributed by atoms with Crippen molar-refractivity contribution in [3.63, 3.8) is 0 Å². The number of carbonyl (C=O) groups excluding carboxylic acids is 1. The molecule has 5 heteroatoms. The molecule has 2 aromatic rings. The summed E-state index contributed by atoms with van der Waals surface area (Å²) in [5, 5.41) is 4.16. The van der Waals surface area contributed by atoms with Gasteiger partial charge in [0.25, 0.3) is 0 Å². The van der Waals surface area contributed by atoms with Crippen LogP contribution in [0.3, 0.4) is 0 Å². The number of halogens is 1. The molecule has 0 atom stereocenters. The van der Waals surface area contributed by atoms with Crippen LogP contribution in [0.25, 0.3) is 0 Å². The first-order chi connectivity index (χ1) is 8.11. The van der Waals surface area contributed by atoms with E-state index < -0.39 is 0 Å². The summed E-state index contributed by atoms with van der Waals surface area (Å²) >= 11 is 2.21. The highest BCUT2D eigenvalue weighted by atomic mass is 127. The number of aromatic nitrogens is 2. The molecule has 88 valence electrons. The molecular formula is C12H11IN2O2. The number of rotatable bonds is 3. The lowest BCUT2D eigenvalue weighted by molar-refractivity contribution is 0.112. The summed E-state index contributed by atoms with van der Waals surface area (Å²) in [6.45, 7) is 1.78. The van der Waals surface area contributed by atoms with Crippen molar-refractivity contribution in [1.82, 2.24) is 9.78 Å². The van der Waals surface area contributed by atoms with Gasteiger partial charge in [-0.3, -0.25) is 4.79 Å². The Bertz CT molecular complexity index is 564. The van der Waals surface area contributed by atoms with E-state index in [1.807, 2.05) is 24.3 Å². The van der Waals surface area contributed by atoms with Gasteiger partial charge in [-0.25, -0.2) is 4.68 Å². The van der Waals surface area contributed by atoms with E-state index in [9.17, 15) is 4.79 Å². The van der Waals surface area contributed by atoms with Crippen molar-refractivity contribution >= 4 is 28.9 Å². The smallest absolute Gasteiger partial charge is 0.228 e. The summed E-state index contributed by atoms with van der Waals surface area (Å²) in [7, 11) is 1.75. The molecule has 0 fully saturated rings. The average Bonchev–Trinajstić information content (AvgIpc) is 2.53. The Morgan fingerprint density at radius 3 is 2.88 bits per heavy atom. The summed E-state index contributed by atoms with van der Waals surface area (Å²) in [5.41, 5.74) is 1.16. The van der Waals surface area contributed by atoms with Gasteiger partial charge in [0.15, 0.2) is 6.29 Å². The van der Waals surface area contributed by atoms with Crippen LogP contribution in [0.1, 0.15) is 16.1 Å². The molecule has 1 aromatic carbocycles. The third-order valence-electron chi connectivity index (χ3n) is 2.34. The van der Waals surface area contributed by atoms with Crippen LogP contribution in [-0.2, 0) is 7.05 Å². The number of carbonyl (C=O) groups is 1. The average molecular weight is 342 g/mol. The second kappa shape index (κ2) is 4.87. The molecular weight excluding hydrogens is 331 g/mol. The minimum Gasteiger partial charge on any atom is -0.438 e. The van der Waals surface area contributed by atoms with Crippen LogP contribution >= 0.6 is 22.6 Å². The highest BCUT2D eigenvalue weighted by Crippen LogP contribution is 2.26. The van der Waals surface area contributed by atoms with Crippen LogP contribution < -0.4 is 4.74 Å². The predicted octanol–water partition coefficient (Wildman–Crippen LogP) is 2.94. The first-order valence-corrected chi connectivity index (χ1v) is 6.12. The molecule has 0 unspecified atom stereocenters. The zero-order valence-electron chi connectivity index (χ0n) is 9.48. The van der Waals surface area contributed by atoms with Crippen LogP contribution in [0.5, 0.6) is 11.6 Å². The van der Waals surface area contributed by atoms with Gasteiger partial charge in [0, 0.05) is 10.6 Å². The van der Waals surface area contributed by atoms with Crippen LogP contribution in [0, 0.1) is 10.5 Å². The Hall–Kier alpha value is -1.37. The van der Waals surface area contributed by atoms with Gasteiger partial charge in [-0.15, -0.1) is 0 Å². The van der Waals surface area contributed by atoms with Gasteiger partial charge < -0.3 is 4.74 Å². The SMILES string of the molecule is Cc1nn(C)c(Oc2cccc(I)c2)c1C=O. The molecule has 0 N–H and O–H groups in total. The van der Waals surface area contributed by atoms with E-state index in [1.165, 1.54) is 0 Å². The number of aryl methyl sites for hydroxylation is 2. The molecule has 0 amide bonds. The topological polar surface area (TPSA) is 44.1 Å². The van der Waals surface area contributed by atoms with Crippen molar-refractivity contribution in [2.75, 3.05) is 0 Å². The number of ether oxygens (including phenoxy) is 1. The van der Waals surface area contributed by atoms with Gasteiger partial charge in [0.2, 0.25) is 5.88 Å². The lowest BCUT2D eigenvalue weighted by Gasteiger charge is -2.06. The van der Waals surface area contributed by atoms with Crippen molar-refractivity contribution < 1.29 is 9.53 Å². The second-order valence-corrected chi connectivity index (χ2v) is 4.85. The summed E-state index contributed by atoms with van der Waals surface area (Å²) in [6, 6.07) is 7.63. The van der Waals surface area contributed by atoms with Crippen molar-refractivity contribution in [2.24, 2.45) is 7.05 Å². The molecule has 2 rings (SSSR count). The van der Waals surface area contributed by atoms with Crippen molar-refractivity contribution in [3.8, 4) is 11.6 Å². The number of hydrogen-bond acceptors (Lipinski definition) is 3. The van der Waals surface area contributed by atoms with E-state index >= 15 is 0 Å². The first-order valence-electron chi connectivity index (χ1n) is 5.04. The van der Waals surface area contributed by atoms with Crippen LogP contribution in [0.15, 0.2) is 24.3 Å². The standard InChI is InChI=1S/C12H11IN2O2/c1-8-11(7-16)12(15(2)14-8)17-10-5-3-4-9(13)6-10/h3-7H,1-2H3. The first kappa shape index (κ1) is 12.1. The fourth-order valence-electron chi connectivity index (χ4n) is 1.55. The minimum absolute atomic E-state index is 0.472. The predicted molar refractivity (Wildman–Crippen MR) is 72.6 cm³/mol. The summed E-state index contributed by atoms with van der Waals surface area (Å²) < 4.78 is 8.34. The van der Waals surface area contributed by atoms with E-state index in [0.29, 0.717) is 22.9 Å².